The molecule has 1 saturated heterocycles. The molecular weight excluding hydrogens is 472 g/mol. The van der Waals surface area contributed by atoms with Crippen LogP contribution in [0.4, 0.5) is 26.8 Å². The second kappa shape index (κ2) is 8.89. The van der Waals surface area contributed by atoms with Crippen molar-refractivity contribution < 1.29 is 14.3 Å². The van der Waals surface area contributed by atoms with Gasteiger partial charge in [0, 0.05) is 43.6 Å². The monoisotopic (exact) mass is 506 g/mol. The maximum absolute atomic E-state index is 13.2. The molecular formula is C26H34N8O3. The number of aromatic nitrogens is 4. The molecule has 196 valence electrons. The van der Waals surface area contributed by atoms with Crippen molar-refractivity contribution in [3.05, 3.63) is 42.0 Å². The number of fused-ring (bicyclic) bond motifs is 2. The molecule has 0 aromatic carbocycles. The lowest BCUT2D eigenvalue weighted by Gasteiger charge is -2.48. The Kier molecular flexibility index (Phi) is 5.96. The van der Waals surface area contributed by atoms with E-state index < -0.39 is 11.1 Å². The molecule has 0 aliphatic carbocycles. The fraction of sp³-hybridized carbons (Fsp3) is 0.500. The lowest BCUT2D eigenvalue weighted by molar-refractivity contribution is 0.000364. The zero-order valence-electron chi connectivity index (χ0n) is 22.3. The lowest BCUT2D eigenvalue weighted by atomic mass is 9.98. The molecule has 1 N–H and O–H groups in total. The Morgan fingerprint density at radius 3 is 2.62 bits per heavy atom. The summed E-state index contributed by atoms with van der Waals surface area (Å²) in [5.74, 6) is 1.34. The van der Waals surface area contributed by atoms with Gasteiger partial charge < -0.3 is 15.0 Å². The maximum Gasteiger partial charge on any atom is 0.410 e. The number of amides is 3. The zero-order chi connectivity index (χ0) is 26.5. The minimum Gasteiger partial charge on any atom is -0.444 e. The number of pyridine rings is 2. The number of hydrogen-bond acceptors (Lipinski definition) is 7. The van der Waals surface area contributed by atoms with E-state index in [1.54, 1.807) is 21.8 Å². The van der Waals surface area contributed by atoms with Gasteiger partial charge in [0.1, 0.15) is 17.2 Å². The van der Waals surface area contributed by atoms with Crippen molar-refractivity contribution in [1.82, 2.24) is 24.5 Å². The summed E-state index contributed by atoms with van der Waals surface area (Å²) >= 11 is 0. The number of ether oxygens (including phenoxy) is 1. The third-order valence-corrected chi connectivity index (χ3v) is 6.64. The Morgan fingerprint density at radius 2 is 1.89 bits per heavy atom. The summed E-state index contributed by atoms with van der Waals surface area (Å²) in [6.45, 7) is 14.0. The standard InChI is InChI=1S/C26H34N8O3/c1-17-28-21-8-7-18(15-34(21)30-17)29-23(35)32-12-10-19-20(9-11-27-22(19)32)31-13-14-33(26(5,6)16-31)24(36)37-25(2,3)4/h7-9,11,15H,10,12-14,16H2,1-6H3,(H,29,35). The van der Waals surface area contributed by atoms with Crippen LogP contribution in [-0.2, 0) is 11.2 Å². The first-order valence-electron chi connectivity index (χ1n) is 12.6. The number of carbonyl (C=O) groups excluding carboxylic acids is 2. The van der Waals surface area contributed by atoms with Crippen molar-refractivity contribution in [2.75, 3.05) is 41.3 Å². The van der Waals surface area contributed by atoms with Crippen molar-refractivity contribution in [3.63, 3.8) is 0 Å². The Hall–Kier alpha value is -3.89. The van der Waals surface area contributed by atoms with Crippen LogP contribution in [0, 0.1) is 6.92 Å². The highest BCUT2D eigenvalue weighted by Crippen LogP contribution is 2.36. The normalized spacial score (nSPS) is 17.2. The van der Waals surface area contributed by atoms with Crippen LogP contribution in [0.25, 0.3) is 5.65 Å². The maximum atomic E-state index is 13.2. The van der Waals surface area contributed by atoms with E-state index in [0.29, 0.717) is 49.9 Å². The van der Waals surface area contributed by atoms with Gasteiger partial charge in [-0.3, -0.25) is 9.80 Å². The second-order valence-electron chi connectivity index (χ2n) is 11.2. The third kappa shape index (κ3) is 4.90. The molecule has 3 aromatic rings. The van der Waals surface area contributed by atoms with E-state index in [2.05, 4.69) is 39.1 Å². The predicted octanol–water partition coefficient (Wildman–Crippen LogP) is 3.86. The van der Waals surface area contributed by atoms with Gasteiger partial charge in [0.15, 0.2) is 5.65 Å². The molecule has 37 heavy (non-hydrogen) atoms. The molecule has 0 atom stereocenters. The van der Waals surface area contributed by atoms with E-state index in [0.717, 1.165) is 16.9 Å². The molecule has 2 aliphatic rings. The van der Waals surface area contributed by atoms with Crippen LogP contribution in [0.15, 0.2) is 30.6 Å². The first-order valence-corrected chi connectivity index (χ1v) is 12.6. The van der Waals surface area contributed by atoms with Gasteiger partial charge in [-0.15, -0.1) is 0 Å². The summed E-state index contributed by atoms with van der Waals surface area (Å²) in [7, 11) is 0. The van der Waals surface area contributed by atoms with Crippen LogP contribution in [-0.4, -0.2) is 73.9 Å². The van der Waals surface area contributed by atoms with Crippen molar-refractivity contribution in [2.45, 2.75) is 59.1 Å². The number of piperazine rings is 1. The predicted molar refractivity (Wildman–Crippen MR) is 141 cm³/mol. The van der Waals surface area contributed by atoms with Gasteiger partial charge in [0.05, 0.1) is 17.4 Å². The fourth-order valence-electron chi connectivity index (χ4n) is 5.04. The first-order chi connectivity index (χ1) is 17.4. The minimum absolute atomic E-state index is 0.241. The Balaban J connectivity index is 1.32. The van der Waals surface area contributed by atoms with E-state index in [1.807, 2.05) is 50.8 Å². The average Bonchev–Trinajstić information content (AvgIpc) is 3.39. The average molecular weight is 507 g/mol. The number of anilines is 3. The Morgan fingerprint density at radius 1 is 1.11 bits per heavy atom. The second-order valence-corrected chi connectivity index (χ2v) is 11.2. The van der Waals surface area contributed by atoms with Crippen LogP contribution in [0.5, 0.6) is 0 Å². The molecule has 5 heterocycles. The van der Waals surface area contributed by atoms with Gasteiger partial charge in [-0.1, -0.05) is 0 Å². The van der Waals surface area contributed by atoms with Crippen molar-refractivity contribution in [2.24, 2.45) is 0 Å². The van der Waals surface area contributed by atoms with Crippen LogP contribution in [0.2, 0.25) is 0 Å². The smallest absolute Gasteiger partial charge is 0.410 e. The lowest BCUT2D eigenvalue weighted by Crippen LogP contribution is -2.62. The van der Waals surface area contributed by atoms with Crippen molar-refractivity contribution in [3.8, 4) is 0 Å². The highest BCUT2D eigenvalue weighted by atomic mass is 16.6. The van der Waals surface area contributed by atoms with E-state index >= 15 is 0 Å². The number of urea groups is 1. The van der Waals surface area contributed by atoms with Crippen LogP contribution in [0.3, 0.4) is 0 Å². The van der Waals surface area contributed by atoms with E-state index in [1.165, 1.54) is 0 Å². The summed E-state index contributed by atoms with van der Waals surface area (Å²) in [6.07, 6.45) is 3.91. The van der Waals surface area contributed by atoms with E-state index in [4.69, 9.17) is 4.74 Å². The van der Waals surface area contributed by atoms with Gasteiger partial charge in [-0.05, 0) is 66.2 Å². The molecule has 0 saturated carbocycles. The molecule has 11 heteroatoms. The van der Waals surface area contributed by atoms with Crippen LogP contribution >= 0.6 is 0 Å². The highest BCUT2D eigenvalue weighted by molar-refractivity contribution is 6.03. The third-order valence-electron chi connectivity index (χ3n) is 6.64. The van der Waals surface area contributed by atoms with Gasteiger partial charge in [-0.2, -0.15) is 5.10 Å². The Bertz CT molecular complexity index is 1360. The van der Waals surface area contributed by atoms with E-state index in [-0.39, 0.29) is 12.1 Å². The summed E-state index contributed by atoms with van der Waals surface area (Å²) in [4.78, 5) is 40.7. The van der Waals surface area contributed by atoms with Crippen LogP contribution in [0.1, 0.15) is 46.0 Å². The quantitative estimate of drug-likeness (QED) is 0.562. The first kappa shape index (κ1) is 24.8. The summed E-state index contributed by atoms with van der Waals surface area (Å²) in [5, 5.41) is 7.28. The van der Waals surface area contributed by atoms with Crippen molar-refractivity contribution in [1.29, 1.82) is 0 Å². The molecule has 3 amide bonds. The van der Waals surface area contributed by atoms with Gasteiger partial charge in [0.25, 0.3) is 0 Å². The largest absolute Gasteiger partial charge is 0.444 e. The number of rotatable bonds is 2. The van der Waals surface area contributed by atoms with Gasteiger partial charge >= 0.3 is 12.1 Å². The molecule has 0 spiro atoms. The SMILES string of the molecule is Cc1nc2ccc(NC(=O)N3CCc4c(N5CCN(C(=O)OC(C)(C)C)C(C)(C)C5)ccnc43)cn2n1. The van der Waals surface area contributed by atoms with Crippen LogP contribution < -0.4 is 15.1 Å². The Labute approximate surface area is 216 Å². The number of nitrogens with one attached hydrogen (secondary N) is 1. The summed E-state index contributed by atoms with van der Waals surface area (Å²) in [6, 6.07) is 5.40. The molecule has 5 rings (SSSR count). The summed E-state index contributed by atoms with van der Waals surface area (Å²) < 4.78 is 7.29. The molecule has 0 unspecified atom stereocenters. The van der Waals surface area contributed by atoms with Gasteiger partial charge in [-0.25, -0.2) is 24.1 Å². The van der Waals surface area contributed by atoms with E-state index in [9.17, 15) is 9.59 Å². The molecule has 1 fully saturated rings. The zero-order valence-corrected chi connectivity index (χ0v) is 22.3. The molecule has 11 nitrogen and oxygen atoms in total. The molecule has 3 aromatic heterocycles. The highest BCUT2D eigenvalue weighted by Gasteiger charge is 2.40. The number of nitrogens with zero attached hydrogens (tertiary/aromatic N) is 7. The van der Waals surface area contributed by atoms with Gasteiger partial charge in [0.2, 0.25) is 0 Å². The van der Waals surface area contributed by atoms with Crippen molar-refractivity contribution >= 4 is 35.0 Å². The summed E-state index contributed by atoms with van der Waals surface area (Å²) in [5.41, 5.74) is 2.48. The number of aryl methyl sites for hydroxylation is 1. The molecule has 2 aliphatic heterocycles. The number of hydrogen-bond donors (Lipinski definition) is 1. The fourth-order valence-corrected chi connectivity index (χ4v) is 5.04. The minimum atomic E-state index is -0.541. The molecule has 0 radical (unpaired) electrons. The number of carbonyl (C=O) groups is 2. The topological polar surface area (TPSA) is 108 Å². The molecule has 0 bridgehead atoms.